The Kier molecular flexibility index (Phi) is 3.84. The summed E-state index contributed by atoms with van der Waals surface area (Å²) in [6, 6.07) is 4.35. The number of carbonyl (C=O) groups excluding carboxylic acids is 1. The van der Waals surface area contributed by atoms with Crippen LogP contribution in [0.1, 0.15) is 30.8 Å². The van der Waals surface area contributed by atoms with E-state index in [0.717, 1.165) is 0 Å². The summed E-state index contributed by atoms with van der Waals surface area (Å²) < 4.78 is 0. The molecule has 0 aromatic carbocycles. The normalized spacial score (nSPS) is 14.2. The van der Waals surface area contributed by atoms with Gasteiger partial charge in [-0.25, -0.2) is 0 Å². The van der Waals surface area contributed by atoms with Crippen molar-refractivity contribution in [3.8, 4) is 0 Å². The number of rotatable bonds is 4. The first-order chi connectivity index (χ1) is 7.44. The topological polar surface area (TPSA) is 82.2 Å². The van der Waals surface area contributed by atoms with Gasteiger partial charge in [-0.05, 0) is 19.4 Å². The van der Waals surface area contributed by atoms with Crippen LogP contribution in [-0.4, -0.2) is 28.1 Å². The molecule has 1 atom stereocenters. The van der Waals surface area contributed by atoms with Crippen LogP contribution in [0.25, 0.3) is 0 Å². The lowest BCUT2D eigenvalue weighted by Crippen LogP contribution is -2.40. The van der Waals surface area contributed by atoms with Crippen molar-refractivity contribution in [2.24, 2.45) is 0 Å². The number of hydrogen-bond donors (Lipinski definition) is 3. The third-order valence-corrected chi connectivity index (χ3v) is 2.40. The second kappa shape index (κ2) is 4.94. The molecule has 1 unspecified atom stereocenters. The van der Waals surface area contributed by atoms with Crippen molar-refractivity contribution in [1.82, 2.24) is 10.3 Å². The minimum absolute atomic E-state index is 0.152. The Balaban J connectivity index is 2.63. The number of nitrogens with one attached hydrogen (secondary N) is 2. The molecule has 0 aliphatic rings. The average molecular weight is 224 g/mol. The molecule has 5 heteroatoms. The van der Waals surface area contributed by atoms with Crippen LogP contribution in [0, 0.1) is 0 Å². The van der Waals surface area contributed by atoms with E-state index >= 15 is 0 Å². The zero-order valence-electron chi connectivity index (χ0n) is 9.41. The minimum Gasteiger partial charge on any atom is -0.388 e. The Morgan fingerprint density at radius 1 is 1.56 bits per heavy atom. The van der Waals surface area contributed by atoms with Gasteiger partial charge in [0.05, 0.1) is 5.60 Å². The Morgan fingerprint density at radius 2 is 2.25 bits per heavy atom. The lowest BCUT2D eigenvalue weighted by atomic mass is 10.0. The van der Waals surface area contributed by atoms with Crippen molar-refractivity contribution < 1.29 is 9.90 Å². The molecule has 1 aromatic rings. The van der Waals surface area contributed by atoms with E-state index in [1.165, 1.54) is 18.2 Å². The standard InChI is InChI=1S/C11H16N2O3/c1-3-11(2,16)7-12-10(15)8-5-4-6-9(14)13-8/h4-6,16H,3,7H2,1-2H3,(H,12,15)(H,13,14). The van der Waals surface area contributed by atoms with Gasteiger partial charge in [0.25, 0.3) is 5.91 Å². The van der Waals surface area contributed by atoms with Gasteiger partial charge in [0.1, 0.15) is 5.69 Å². The van der Waals surface area contributed by atoms with E-state index in [1.807, 2.05) is 6.92 Å². The van der Waals surface area contributed by atoms with Gasteiger partial charge in [-0.1, -0.05) is 13.0 Å². The minimum atomic E-state index is -0.926. The Bertz CT molecular complexity index is 423. The molecule has 0 radical (unpaired) electrons. The number of hydrogen-bond acceptors (Lipinski definition) is 3. The van der Waals surface area contributed by atoms with Crippen molar-refractivity contribution in [2.75, 3.05) is 6.54 Å². The highest BCUT2D eigenvalue weighted by Gasteiger charge is 2.18. The highest BCUT2D eigenvalue weighted by Crippen LogP contribution is 2.06. The molecule has 1 amide bonds. The average Bonchev–Trinajstić information content (AvgIpc) is 2.26. The molecule has 0 fully saturated rings. The van der Waals surface area contributed by atoms with Gasteiger partial charge < -0.3 is 15.4 Å². The molecule has 1 aromatic heterocycles. The molecule has 3 N–H and O–H groups in total. The maximum absolute atomic E-state index is 11.6. The van der Waals surface area contributed by atoms with E-state index in [-0.39, 0.29) is 17.8 Å². The second-order valence-electron chi connectivity index (χ2n) is 3.96. The van der Waals surface area contributed by atoms with Gasteiger partial charge in [-0.3, -0.25) is 9.59 Å². The molecule has 1 rings (SSSR count). The quantitative estimate of drug-likeness (QED) is 0.686. The van der Waals surface area contributed by atoms with Crippen molar-refractivity contribution in [2.45, 2.75) is 25.9 Å². The summed E-state index contributed by atoms with van der Waals surface area (Å²) >= 11 is 0. The molecule has 0 aliphatic heterocycles. The Labute approximate surface area is 93.5 Å². The molecule has 0 saturated heterocycles. The van der Waals surface area contributed by atoms with E-state index in [4.69, 9.17) is 0 Å². The SMILES string of the molecule is CCC(C)(O)CNC(=O)c1cccc(=O)[nH]1. The molecule has 0 spiro atoms. The molecule has 16 heavy (non-hydrogen) atoms. The van der Waals surface area contributed by atoms with Gasteiger partial charge >= 0.3 is 0 Å². The van der Waals surface area contributed by atoms with Gasteiger partial charge in [-0.15, -0.1) is 0 Å². The zero-order valence-corrected chi connectivity index (χ0v) is 9.41. The van der Waals surface area contributed by atoms with Crippen molar-refractivity contribution >= 4 is 5.91 Å². The highest BCUT2D eigenvalue weighted by atomic mass is 16.3. The molecular formula is C11H16N2O3. The number of aromatic amines is 1. The van der Waals surface area contributed by atoms with Crippen LogP contribution in [0.15, 0.2) is 23.0 Å². The summed E-state index contributed by atoms with van der Waals surface area (Å²) in [4.78, 5) is 24.9. The molecule has 5 nitrogen and oxygen atoms in total. The summed E-state index contributed by atoms with van der Waals surface area (Å²) in [5, 5.41) is 12.2. The maximum atomic E-state index is 11.6. The van der Waals surface area contributed by atoms with Crippen LogP contribution in [0.2, 0.25) is 0 Å². The molecule has 88 valence electrons. The number of aromatic nitrogens is 1. The van der Waals surface area contributed by atoms with E-state index < -0.39 is 11.5 Å². The summed E-state index contributed by atoms with van der Waals surface area (Å²) in [6.07, 6.45) is 0.540. The summed E-state index contributed by atoms with van der Waals surface area (Å²) in [7, 11) is 0. The summed E-state index contributed by atoms with van der Waals surface area (Å²) in [5.41, 5.74) is -1.06. The van der Waals surface area contributed by atoms with Gasteiger partial charge in [0.15, 0.2) is 0 Å². The van der Waals surface area contributed by atoms with Crippen molar-refractivity contribution in [3.63, 3.8) is 0 Å². The monoisotopic (exact) mass is 224 g/mol. The number of amides is 1. The Morgan fingerprint density at radius 3 is 2.81 bits per heavy atom. The lowest BCUT2D eigenvalue weighted by Gasteiger charge is -2.21. The number of pyridine rings is 1. The summed E-state index contributed by atoms with van der Waals surface area (Å²) in [6.45, 7) is 3.62. The fourth-order valence-corrected chi connectivity index (χ4v) is 1.07. The van der Waals surface area contributed by atoms with Crippen LogP contribution < -0.4 is 10.9 Å². The molecule has 0 bridgehead atoms. The number of carbonyl (C=O) groups is 1. The predicted molar refractivity (Wildman–Crippen MR) is 60.3 cm³/mol. The smallest absolute Gasteiger partial charge is 0.267 e. The van der Waals surface area contributed by atoms with E-state index in [0.29, 0.717) is 6.42 Å². The molecule has 1 heterocycles. The van der Waals surface area contributed by atoms with Crippen LogP contribution in [0.4, 0.5) is 0 Å². The van der Waals surface area contributed by atoms with Gasteiger partial charge in [-0.2, -0.15) is 0 Å². The van der Waals surface area contributed by atoms with E-state index in [1.54, 1.807) is 6.92 Å². The van der Waals surface area contributed by atoms with Crippen molar-refractivity contribution in [3.05, 3.63) is 34.2 Å². The highest BCUT2D eigenvalue weighted by molar-refractivity contribution is 5.92. The first kappa shape index (κ1) is 12.4. The van der Waals surface area contributed by atoms with E-state index in [2.05, 4.69) is 10.3 Å². The number of aliphatic hydroxyl groups is 1. The summed E-state index contributed by atoms with van der Waals surface area (Å²) in [5.74, 6) is -0.397. The molecular weight excluding hydrogens is 208 g/mol. The first-order valence-electron chi connectivity index (χ1n) is 5.14. The van der Waals surface area contributed by atoms with Crippen molar-refractivity contribution in [1.29, 1.82) is 0 Å². The first-order valence-corrected chi connectivity index (χ1v) is 5.14. The zero-order chi connectivity index (χ0) is 12.2. The third-order valence-electron chi connectivity index (χ3n) is 2.40. The Hall–Kier alpha value is -1.62. The van der Waals surface area contributed by atoms with Crippen LogP contribution in [-0.2, 0) is 0 Å². The van der Waals surface area contributed by atoms with Crippen LogP contribution in [0.5, 0.6) is 0 Å². The fraction of sp³-hybridized carbons (Fsp3) is 0.455. The lowest BCUT2D eigenvalue weighted by molar-refractivity contribution is 0.0517. The van der Waals surface area contributed by atoms with Gasteiger partial charge in [0, 0.05) is 12.6 Å². The van der Waals surface area contributed by atoms with Gasteiger partial charge in [0.2, 0.25) is 5.56 Å². The van der Waals surface area contributed by atoms with Crippen LogP contribution in [0.3, 0.4) is 0 Å². The van der Waals surface area contributed by atoms with Crippen LogP contribution >= 0.6 is 0 Å². The largest absolute Gasteiger partial charge is 0.388 e. The number of H-pyrrole nitrogens is 1. The third kappa shape index (κ3) is 3.51. The predicted octanol–water partition coefficient (Wildman–Crippen LogP) is 0.266. The molecule has 0 aliphatic carbocycles. The fourth-order valence-electron chi connectivity index (χ4n) is 1.07. The second-order valence-corrected chi connectivity index (χ2v) is 3.96. The molecule has 0 saturated carbocycles. The maximum Gasteiger partial charge on any atom is 0.267 e. The van der Waals surface area contributed by atoms with E-state index in [9.17, 15) is 14.7 Å².